The van der Waals surface area contributed by atoms with E-state index in [0.29, 0.717) is 0 Å². The van der Waals surface area contributed by atoms with Crippen molar-refractivity contribution in [3.05, 3.63) is 73.8 Å². The minimum Gasteiger partial charge on any atom is -0.366 e. The second kappa shape index (κ2) is 7.34. The van der Waals surface area contributed by atoms with E-state index in [1.54, 1.807) is 6.21 Å². The number of hydrogen-bond acceptors (Lipinski definition) is 7. The molecule has 29 heavy (non-hydrogen) atoms. The Morgan fingerprint density at radius 1 is 1.10 bits per heavy atom. The maximum Gasteiger partial charge on any atom is 0.301 e. The number of non-ortho nitro benzene ring substituents is 1. The molecule has 150 valence electrons. The number of fused-ring (bicyclic) bond motifs is 1. The molecule has 1 aliphatic heterocycles. The molecule has 2 aromatic rings. The number of nitro groups is 2. The topological polar surface area (TPSA) is 114 Å². The number of nitrogens with zero attached hydrogens (tertiary/aromatic N) is 4. The molecule has 0 amide bonds. The number of nitro benzene ring substituents is 2. The number of rotatable bonds is 5. The Morgan fingerprint density at radius 3 is 2.48 bits per heavy atom. The van der Waals surface area contributed by atoms with Gasteiger partial charge in [-0.1, -0.05) is 12.1 Å². The Labute approximate surface area is 167 Å². The molecule has 0 spiro atoms. The molecule has 0 fully saturated rings. The standard InChI is InChI=1S/C20H21N5O4/c1-13-11-20(2,3)23(4)18-8-5-14(9-16(13)18)12-21-22-17-7-6-15(24(26)27)10-19(17)25(28)29/h5-12,22H,1-4H3/b21-12+. The van der Waals surface area contributed by atoms with E-state index >= 15 is 0 Å². The normalized spacial score (nSPS) is 15.0. The van der Waals surface area contributed by atoms with Gasteiger partial charge in [-0.2, -0.15) is 5.10 Å². The molecule has 0 aromatic heterocycles. The van der Waals surface area contributed by atoms with E-state index in [1.807, 2.05) is 25.2 Å². The highest BCUT2D eigenvalue weighted by molar-refractivity contribution is 5.88. The molecule has 3 rings (SSSR count). The zero-order valence-corrected chi connectivity index (χ0v) is 16.5. The monoisotopic (exact) mass is 395 g/mol. The Bertz CT molecular complexity index is 1060. The van der Waals surface area contributed by atoms with Gasteiger partial charge in [-0.25, -0.2) is 0 Å². The Morgan fingerprint density at radius 2 is 1.83 bits per heavy atom. The highest BCUT2D eigenvalue weighted by atomic mass is 16.6. The van der Waals surface area contributed by atoms with Gasteiger partial charge in [-0.3, -0.25) is 25.7 Å². The third-order valence-corrected chi connectivity index (χ3v) is 5.03. The van der Waals surface area contributed by atoms with Crippen molar-refractivity contribution in [1.82, 2.24) is 0 Å². The molecule has 0 aliphatic carbocycles. The average molecular weight is 395 g/mol. The zero-order chi connectivity index (χ0) is 21.3. The minimum atomic E-state index is -0.685. The molecule has 1 aliphatic rings. The second-order valence-electron chi connectivity index (χ2n) is 7.40. The van der Waals surface area contributed by atoms with Gasteiger partial charge < -0.3 is 4.90 Å². The molecule has 0 radical (unpaired) electrons. The number of hydrazone groups is 1. The van der Waals surface area contributed by atoms with Crippen molar-refractivity contribution in [1.29, 1.82) is 0 Å². The van der Waals surface area contributed by atoms with Crippen molar-refractivity contribution >= 4 is 34.5 Å². The third-order valence-electron chi connectivity index (χ3n) is 5.03. The van der Waals surface area contributed by atoms with Crippen LogP contribution in [0.2, 0.25) is 0 Å². The van der Waals surface area contributed by atoms with Crippen molar-refractivity contribution in [3.8, 4) is 0 Å². The van der Waals surface area contributed by atoms with E-state index in [2.05, 4.69) is 42.3 Å². The molecule has 0 unspecified atom stereocenters. The number of allylic oxidation sites excluding steroid dienone is 1. The quantitative estimate of drug-likeness (QED) is 0.450. The average Bonchev–Trinajstić information content (AvgIpc) is 2.66. The Balaban J connectivity index is 1.85. The predicted octanol–water partition coefficient (Wildman–Crippen LogP) is 4.58. The summed E-state index contributed by atoms with van der Waals surface area (Å²) in [7, 11) is 2.05. The van der Waals surface area contributed by atoms with Gasteiger partial charge in [-0.05, 0) is 50.1 Å². The van der Waals surface area contributed by atoms with Crippen LogP contribution in [0.3, 0.4) is 0 Å². The fourth-order valence-corrected chi connectivity index (χ4v) is 3.31. The molecule has 0 saturated heterocycles. The molecular weight excluding hydrogens is 374 g/mol. The number of anilines is 2. The van der Waals surface area contributed by atoms with E-state index < -0.39 is 15.5 Å². The summed E-state index contributed by atoms with van der Waals surface area (Å²) < 4.78 is 0. The van der Waals surface area contributed by atoms with E-state index in [9.17, 15) is 20.2 Å². The summed E-state index contributed by atoms with van der Waals surface area (Å²) in [6, 6.07) is 9.30. The molecule has 0 bridgehead atoms. The van der Waals surface area contributed by atoms with Crippen LogP contribution in [-0.2, 0) is 0 Å². The SMILES string of the molecule is CC1=CC(C)(C)N(C)c2ccc(/C=N/Nc3ccc([N+](=O)[O-])cc3[N+](=O)[O-])cc21. The predicted molar refractivity (Wildman–Crippen MR) is 114 cm³/mol. The van der Waals surface area contributed by atoms with E-state index in [4.69, 9.17) is 0 Å². The summed E-state index contributed by atoms with van der Waals surface area (Å²) >= 11 is 0. The van der Waals surface area contributed by atoms with Crippen LogP contribution < -0.4 is 10.3 Å². The zero-order valence-electron chi connectivity index (χ0n) is 16.5. The van der Waals surface area contributed by atoms with Gasteiger partial charge in [0.25, 0.3) is 5.69 Å². The molecule has 9 heteroatoms. The molecule has 2 aromatic carbocycles. The van der Waals surface area contributed by atoms with Gasteiger partial charge in [0.1, 0.15) is 5.69 Å². The van der Waals surface area contributed by atoms with Crippen LogP contribution in [0.25, 0.3) is 5.57 Å². The number of nitrogens with one attached hydrogen (secondary N) is 1. The van der Waals surface area contributed by atoms with E-state index in [0.717, 1.165) is 28.5 Å². The number of benzene rings is 2. The summed E-state index contributed by atoms with van der Waals surface area (Å²) in [5.41, 5.74) is 6.03. The molecule has 1 N–H and O–H groups in total. The van der Waals surface area contributed by atoms with Gasteiger partial charge in [0, 0.05) is 24.4 Å². The van der Waals surface area contributed by atoms with Crippen LogP contribution in [0.15, 0.2) is 47.6 Å². The first kappa shape index (κ1) is 20.0. The van der Waals surface area contributed by atoms with Crippen molar-refractivity contribution < 1.29 is 9.85 Å². The molecule has 9 nitrogen and oxygen atoms in total. The lowest BCUT2D eigenvalue weighted by Gasteiger charge is -2.40. The van der Waals surface area contributed by atoms with E-state index in [1.165, 1.54) is 12.1 Å². The van der Waals surface area contributed by atoms with Crippen molar-refractivity contribution in [2.45, 2.75) is 26.3 Å². The third kappa shape index (κ3) is 3.93. The van der Waals surface area contributed by atoms with Gasteiger partial charge >= 0.3 is 5.69 Å². The summed E-state index contributed by atoms with van der Waals surface area (Å²) in [5.74, 6) is 0. The Hall–Kier alpha value is -3.75. The number of hydrogen-bond donors (Lipinski definition) is 1. The summed E-state index contributed by atoms with van der Waals surface area (Å²) in [4.78, 5) is 22.8. The van der Waals surface area contributed by atoms with Gasteiger partial charge in [-0.15, -0.1) is 0 Å². The highest BCUT2D eigenvalue weighted by Gasteiger charge is 2.28. The van der Waals surface area contributed by atoms with Crippen molar-refractivity contribution in [3.63, 3.8) is 0 Å². The molecular formula is C20H21N5O4. The molecule has 0 atom stereocenters. The first-order valence-corrected chi connectivity index (χ1v) is 8.90. The first-order chi connectivity index (χ1) is 13.6. The molecule has 0 saturated carbocycles. The maximum absolute atomic E-state index is 11.2. The van der Waals surface area contributed by atoms with Gasteiger partial charge in [0.05, 0.1) is 27.7 Å². The summed E-state index contributed by atoms with van der Waals surface area (Å²) in [6.45, 7) is 6.36. The van der Waals surface area contributed by atoms with E-state index in [-0.39, 0.29) is 16.9 Å². The van der Waals surface area contributed by atoms with Crippen LogP contribution in [0.5, 0.6) is 0 Å². The van der Waals surface area contributed by atoms with Crippen LogP contribution >= 0.6 is 0 Å². The van der Waals surface area contributed by atoms with Crippen LogP contribution in [-0.4, -0.2) is 28.6 Å². The highest BCUT2D eigenvalue weighted by Crippen LogP contribution is 2.38. The molecule has 1 heterocycles. The summed E-state index contributed by atoms with van der Waals surface area (Å²) in [6.07, 6.45) is 3.76. The number of likely N-dealkylation sites (N-methyl/N-ethyl adjacent to an activating group) is 1. The lowest BCUT2D eigenvalue weighted by Crippen LogP contribution is -2.42. The summed E-state index contributed by atoms with van der Waals surface area (Å²) in [5, 5.41) is 26.1. The largest absolute Gasteiger partial charge is 0.366 e. The fraction of sp³-hybridized carbons (Fsp3) is 0.250. The van der Waals surface area contributed by atoms with Crippen LogP contribution in [0.1, 0.15) is 31.9 Å². The van der Waals surface area contributed by atoms with Crippen LogP contribution in [0, 0.1) is 20.2 Å². The second-order valence-corrected chi connectivity index (χ2v) is 7.40. The van der Waals surface area contributed by atoms with Gasteiger partial charge in [0.15, 0.2) is 0 Å². The fourth-order valence-electron chi connectivity index (χ4n) is 3.31. The lowest BCUT2D eigenvalue weighted by molar-refractivity contribution is -0.393. The van der Waals surface area contributed by atoms with Crippen LogP contribution in [0.4, 0.5) is 22.7 Å². The van der Waals surface area contributed by atoms with Crippen molar-refractivity contribution in [2.75, 3.05) is 17.4 Å². The smallest absolute Gasteiger partial charge is 0.301 e. The maximum atomic E-state index is 11.2. The Kier molecular flexibility index (Phi) is 5.06. The van der Waals surface area contributed by atoms with Crippen molar-refractivity contribution in [2.24, 2.45) is 5.10 Å². The van der Waals surface area contributed by atoms with Gasteiger partial charge in [0.2, 0.25) is 0 Å². The lowest BCUT2D eigenvalue weighted by atomic mass is 9.89. The first-order valence-electron chi connectivity index (χ1n) is 8.90. The minimum absolute atomic E-state index is 0.0763.